The lowest BCUT2D eigenvalue weighted by Crippen LogP contribution is -2.37. The van der Waals surface area contributed by atoms with E-state index < -0.39 is 6.04 Å². The third-order valence-corrected chi connectivity index (χ3v) is 2.92. The Balaban J connectivity index is 1.79. The third kappa shape index (κ3) is 2.13. The highest BCUT2D eigenvalue weighted by molar-refractivity contribution is 6.05. The number of hydrogen-bond donors (Lipinski definition) is 2. The van der Waals surface area contributed by atoms with Gasteiger partial charge in [-0.1, -0.05) is 6.07 Å². The molecule has 1 amide bonds. The number of aromatic nitrogens is 1. The van der Waals surface area contributed by atoms with E-state index in [4.69, 9.17) is 0 Å². The van der Waals surface area contributed by atoms with Crippen LogP contribution in [-0.2, 0) is 4.79 Å². The highest BCUT2D eigenvalue weighted by atomic mass is 16.2. The van der Waals surface area contributed by atoms with E-state index in [0.29, 0.717) is 12.0 Å². The summed E-state index contributed by atoms with van der Waals surface area (Å²) in [6, 6.07) is 3.83. The highest BCUT2D eigenvalue weighted by Gasteiger charge is 2.31. The summed E-state index contributed by atoms with van der Waals surface area (Å²) in [6.07, 6.45) is 4.03. The van der Waals surface area contributed by atoms with Gasteiger partial charge in [-0.2, -0.15) is 0 Å². The Morgan fingerprint density at radius 3 is 2.88 bits per heavy atom. The Labute approximate surface area is 99.4 Å². The maximum absolute atomic E-state index is 11.8. The van der Waals surface area contributed by atoms with Crippen molar-refractivity contribution in [1.82, 2.24) is 15.6 Å². The minimum absolute atomic E-state index is 0.0844. The number of nitrogens with one attached hydrogen (secondary N) is 2. The second kappa shape index (κ2) is 3.84. The zero-order valence-corrected chi connectivity index (χ0v) is 9.60. The average molecular weight is 230 g/mol. The molecule has 5 nitrogen and oxygen atoms in total. The minimum Gasteiger partial charge on any atom is -0.353 e. The van der Waals surface area contributed by atoms with Crippen LogP contribution in [0, 0.1) is 6.92 Å². The number of rotatable bonds is 2. The predicted molar refractivity (Wildman–Crippen MR) is 63.5 cm³/mol. The lowest BCUT2D eigenvalue weighted by atomic mass is 10.1. The van der Waals surface area contributed by atoms with Crippen molar-refractivity contribution < 1.29 is 4.79 Å². The summed E-state index contributed by atoms with van der Waals surface area (Å²) in [5.41, 5.74) is 1.77. The third-order valence-electron chi connectivity index (χ3n) is 2.92. The van der Waals surface area contributed by atoms with Gasteiger partial charge in [-0.25, -0.2) is 4.99 Å². The molecule has 0 bridgehead atoms. The van der Waals surface area contributed by atoms with Gasteiger partial charge in [-0.05, 0) is 25.8 Å². The fourth-order valence-electron chi connectivity index (χ4n) is 1.77. The van der Waals surface area contributed by atoms with Gasteiger partial charge in [0.25, 0.3) is 5.91 Å². The van der Waals surface area contributed by atoms with E-state index in [0.717, 1.165) is 24.1 Å². The van der Waals surface area contributed by atoms with Crippen LogP contribution in [0.15, 0.2) is 23.3 Å². The molecule has 0 radical (unpaired) electrons. The number of aryl methyl sites for hydroxylation is 1. The van der Waals surface area contributed by atoms with Crippen molar-refractivity contribution in [3.63, 3.8) is 0 Å². The Morgan fingerprint density at radius 2 is 2.24 bits per heavy atom. The molecule has 0 spiro atoms. The number of nitrogens with zero attached hydrogens (tertiary/aromatic N) is 2. The lowest BCUT2D eigenvalue weighted by Gasteiger charge is -2.03. The number of carbonyl (C=O) groups is 1. The summed E-state index contributed by atoms with van der Waals surface area (Å²) in [5, 5.41) is 5.95. The Morgan fingerprint density at radius 1 is 1.41 bits per heavy atom. The Kier molecular flexibility index (Phi) is 2.31. The van der Waals surface area contributed by atoms with Gasteiger partial charge in [0.15, 0.2) is 12.0 Å². The van der Waals surface area contributed by atoms with E-state index in [1.165, 1.54) is 0 Å². The second-order valence-corrected chi connectivity index (χ2v) is 4.52. The first-order chi connectivity index (χ1) is 8.22. The van der Waals surface area contributed by atoms with Crippen LogP contribution in [0.5, 0.6) is 0 Å². The van der Waals surface area contributed by atoms with Crippen molar-refractivity contribution in [2.24, 2.45) is 4.99 Å². The monoisotopic (exact) mass is 230 g/mol. The molecule has 5 heteroatoms. The zero-order chi connectivity index (χ0) is 11.8. The van der Waals surface area contributed by atoms with Crippen LogP contribution in [0.4, 0.5) is 0 Å². The smallest absolute Gasteiger partial charge is 0.256 e. The van der Waals surface area contributed by atoms with Crippen molar-refractivity contribution in [2.75, 3.05) is 0 Å². The maximum atomic E-state index is 11.8. The highest BCUT2D eigenvalue weighted by Crippen LogP contribution is 2.23. The van der Waals surface area contributed by atoms with Crippen molar-refractivity contribution in [1.29, 1.82) is 0 Å². The molecule has 1 atom stereocenters. The predicted octanol–water partition coefficient (Wildman–Crippen LogP) is 0.669. The number of guanidine groups is 1. The van der Waals surface area contributed by atoms with Gasteiger partial charge in [-0.15, -0.1) is 0 Å². The van der Waals surface area contributed by atoms with Gasteiger partial charge in [0.1, 0.15) is 0 Å². The van der Waals surface area contributed by atoms with Crippen LogP contribution in [0.2, 0.25) is 0 Å². The molecule has 88 valence electrons. The number of aliphatic imine (C=N–C) groups is 1. The van der Waals surface area contributed by atoms with Gasteiger partial charge in [0.05, 0.1) is 0 Å². The molecule has 1 aromatic rings. The largest absolute Gasteiger partial charge is 0.353 e. The van der Waals surface area contributed by atoms with Crippen LogP contribution < -0.4 is 10.6 Å². The second-order valence-electron chi connectivity index (χ2n) is 4.52. The summed E-state index contributed by atoms with van der Waals surface area (Å²) in [6.45, 7) is 1.92. The molecule has 2 N–H and O–H groups in total. The normalized spacial score (nSPS) is 23.2. The molecule has 1 fully saturated rings. The van der Waals surface area contributed by atoms with Crippen molar-refractivity contribution in [2.45, 2.75) is 31.8 Å². The summed E-state index contributed by atoms with van der Waals surface area (Å²) in [7, 11) is 0. The van der Waals surface area contributed by atoms with E-state index >= 15 is 0 Å². The van der Waals surface area contributed by atoms with Crippen LogP contribution in [0.3, 0.4) is 0 Å². The van der Waals surface area contributed by atoms with E-state index in [2.05, 4.69) is 20.6 Å². The van der Waals surface area contributed by atoms with Crippen LogP contribution >= 0.6 is 0 Å². The standard InChI is InChI=1S/C12H14N4O/c1-7-2-3-8(6-13-7)10-11(17)16-12(15-10)14-9-4-5-9/h2-3,6,9-10H,4-5H2,1H3,(H2,14,15,16,17). The number of amides is 1. The molecule has 2 aliphatic rings. The van der Waals surface area contributed by atoms with Crippen molar-refractivity contribution in [3.05, 3.63) is 29.6 Å². The Bertz CT molecular complexity index is 476. The first-order valence-electron chi connectivity index (χ1n) is 5.80. The Hall–Kier alpha value is -1.91. The van der Waals surface area contributed by atoms with E-state index in [9.17, 15) is 4.79 Å². The van der Waals surface area contributed by atoms with Gasteiger partial charge in [0.2, 0.25) is 0 Å². The SMILES string of the molecule is Cc1ccc(C2N=C(NC3CC3)NC2=O)cn1. The van der Waals surface area contributed by atoms with Gasteiger partial charge in [-0.3, -0.25) is 15.1 Å². The molecule has 1 aliphatic heterocycles. The average Bonchev–Trinajstić information content (AvgIpc) is 3.03. The van der Waals surface area contributed by atoms with Crippen molar-refractivity contribution in [3.8, 4) is 0 Å². The number of pyridine rings is 1. The molecule has 1 aliphatic carbocycles. The topological polar surface area (TPSA) is 66.4 Å². The molecule has 17 heavy (non-hydrogen) atoms. The maximum Gasteiger partial charge on any atom is 0.256 e. The van der Waals surface area contributed by atoms with Crippen LogP contribution in [0.25, 0.3) is 0 Å². The molecule has 3 rings (SSSR count). The zero-order valence-electron chi connectivity index (χ0n) is 9.60. The fraction of sp³-hybridized carbons (Fsp3) is 0.417. The molecule has 0 saturated heterocycles. The molecule has 1 unspecified atom stereocenters. The quantitative estimate of drug-likeness (QED) is 0.784. The first-order valence-corrected chi connectivity index (χ1v) is 5.80. The summed E-state index contributed by atoms with van der Waals surface area (Å²) in [4.78, 5) is 20.3. The number of carbonyl (C=O) groups excluding carboxylic acids is 1. The molecular weight excluding hydrogens is 216 g/mol. The first kappa shape index (κ1) is 10.3. The minimum atomic E-state index is -0.454. The lowest BCUT2D eigenvalue weighted by molar-refractivity contribution is -0.120. The fourth-order valence-corrected chi connectivity index (χ4v) is 1.77. The molecule has 2 heterocycles. The molecule has 1 aromatic heterocycles. The van der Waals surface area contributed by atoms with Gasteiger partial charge in [0, 0.05) is 23.5 Å². The molecular formula is C12H14N4O. The van der Waals surface area contributed by atoms with Gasteiger partial charge < -0.3 is 5.32 Å². The van der Waals surface area contributed by atoms with E-state index in [-0.39, 0.29) is 5.91 Å². The molecule has 0 aromatic carbocycles. The van der Waals surface area contributed by atoms with Crippen LogP contribution in [0.1, 0.15) is 30.1 Å². The van der Waals surface area contributed by atoms with E-state index in [1.54, 1.807) is 6.20 Å². The molecule has 1 saturated carbocycles. The van der Waals surface area contributed by atoms with Crippen LogP contribution in [-0.4, -0.2) is 22.9 Å². The summed E-state index contributed by atoms with van der Waals surface area (Å²) >= 11 is 0. The van der Waals surface area contributed by atoms with Gasteiger partial charge >= 0.3 is 0 Å². The number of hydrogen-bond acceptors (Lipinski definition) is 4. The van der Waals surface area contributed by atoms with E-state index in [1.807, 2.05) is 19.1 Å². The summed E-state index contributed by atoms with van der Waals surface area (Å²) in [5.74, 6) is 0.516. The summed E-state index contributed by atoms with van der Waals surface area (Å²) < 4.78 is 0. The van der Waals surface area contributed by atoms with Crippen molar-refractivity contribution >= 4 is 11.9 Å².